The van der Waals surface area contributed by atoms with Gasteiger partial charge in [0.1, 0.15) is 5.15 Å². The van der Waals surface area contributed by atoms with Gasteiger partial charge in [-0.15, -0.1) is 11.3 Å². The van der Waals surface area contributed by atoms with Gasteiger partial charge in [-0.05, 0) is 0 Å². The molecule has 86 valence electrons. The maximum absolute atomic E-state index is 11.5. The molecule has 1 heterocycles. The summed E-state index contributed by atoms with van der Waals surface area (Å²) in [5, 5.41) is 6.11. The second-order valence-electron chi connectivity index (χ2n) is 2.62. The van der Waals surface area contributed by atoms with Crippen molar-refractivity contribution in [3.63, 3.8) is 0 Å². The minimum atomic E-state index is -3.79. The van der Waals surface area contributed by atoms with Crippen LogP contribution >= 0.6 is 22.9 Å². The molecule has 2 N–H and O–H groups in total. The molecule has 0 amide bonds. The van der Waals surface area contributed by atoms with E-state index in [0.29, 0.717) is 0 Å². The van der Waals surface area contributed by atoms with E-state index in [9.17, 15) is 16.8 Å². The van der Waals surface area contributed by atoms with Crippen molar-refractivity contribution in [2.45, 2.75) is 4.34 Å². The van der Waals surface area contributed by atoms with E-state index in [1.165, 1.54) is 5.38 Å². The quantitative estimate of drug-likeness (QED) is 0.830. The highest BCUT2D eigenvalue weighted by molar-refractivity contribution is 7.95. The molecule has 0 saturated heterocycles. The highest BCUT2D eigenvalue weighted by atomic mass is 35.5. The van der Waals surface area contributed by atoms with Gasteiger partial charge in [0.15, 0.2) is 0 Å². The molecular formula is C5H7ClN2O4S3. The van der Waals surface area contributed by atoms with E-state index in [2.05, 4.69) is 4.98 Å². The monoisotopic (exact) mass is 290 g/mol. The Hall–Kier alpha value is -0.220. The molecule has 0 bridgehead atoms. The van der Waals surface area contributed by atoms with Crippen molar-refractivity contribution in [2.75, 3.05) is 11.5 Å². The first-order valence-corrected chi connectivity index (χ1v) is 8.17. The Balaban J connectivity index is 2.86. The number of nitrogens with zero attached hydrogens (tertiary/aromatic N) is 1. The molecule has 1 aromatic heterocycles. The molecule has 0 fully saturated rings. The Morgan fingerprint density at radius 3 is 2.33 bits per heavy atom. The Kier molecular flexibility index (Phi) is 3.71. The predicted molar refractivity (Wildman–Crippen MR) is 57.2 cm³/mol. The number of rotatable bonds is 4. The minimum absolute atomic E-state index is 0.0641. The van der Waals surface area contributed by atoms with Crippen LogP contribution in [0.5, 0.6) is 0 Å². The van der Waals surface area contributed by atoms with Crippen LogP contribution in [0.25, 0.3) is 0 Å². The summed E-state index contributed by atoms with van der Waals surface area (Å²) in [5.41, 5.74) is 0. The number of sulfonamides is 1. The minimum Gasteiger partial charge on any atom is -0.229 e. The summed E-state index contributed by atoms with van der Waals surface area (Å²) in [6.07, 6.45) is 0. The van der Waals surface area contributed by atoms with Crippen molar-refractivity contribution in [1.29, 1.82) is 0 Å². The molecule has 0 radical (unpaired) electrons. The lowest BCUT2D eigenvalue weighted by Crippen LogP contribution is -2.23. The SMILES string of the molecule is NS(=O)(=O)CCS(=O)(=O)c1nc(Cl)cs1. The second kappa shape index (κ2) is 4.34. The van der Waals surface area contributed by atoms with Gasteiger partial charge in [-0.1, -0.05) is 11.6 Å². The lowest BCUT2D eigenvalue weighted by molar-refractivity contribution is 0.588. The largest absolute Gasteiger partial charge is 0.229 e. The van der Waals surface area contributed by atoms with Crippen molar-refractivity contribution < 1.29 is 16.8 Å². The Bertz CT molecular complexity index is 547. The first-order chi connectivity index (χ1) is 6.71. The van der Waals surface area contributed by atoms with Gasteiger partial charge in [0.05, 0.1) is 11.5 Å². The van der Waals surface area contributed by atoms with Crippen LogP contribution in [0, 0.1) is 0 Å². The van der Waals surface area contributed by atoms with Crippen LogP contribution in [0.15, 0.2) is 9.72 Å². The van der Waals surface area contributed by atoms with E-state index in [0.717, 1.165) is 11.3 Å². The summed E-state index contributed by atoms with van der Waals surface area (Å²) in [7, 11) is -7.50. The van der Waals surface area contributed by atoms with Crippen LogP contribution < -0.4 is 5.14 Å². The van der Waals surface area contributed by atoms with E-state index < -0.39 is 31.4 Å². The van der Waals surface area contributed by atoms with Gasteiger partial charge < -0.3 is 0 Å². The summed E-state index contributed by atoms with van der Waals surface area (Å²) >= 11 is 6.29. The average Bonchev–Trinajstić information content (AvgIpc) is 2.48. The zero-order valence-corrected chi connectivity index (χ0v) is 10.5. The lowest BCUT2D eigenvalue weighted by Gasteiger charge is -1.98. The first-order valence-electron chi connectivity index (χ1n) is 3.55. The number of hydrogen-bond donors (Lipinski definition) is 1. The summed E-state index contributed by atoms with van der Waals surface area (Å²) in [6.45, 7) is 0. The fourth-order valence-corrected chi connectivity index (χ4v) is 4.61. The van der Waals surface area contributed by atoms with E-state index >= 15 is 0 Å². The smallest absolute Gasteiger partial charge is 0.210 e. The normalized spacial score (nSPS) is 12.9. The number of aromatic nitrogens is 1. The van der Waals surface area contributed by atoms with Crippen LogP contribution in [0.4, 0.5) is 0 Å². The molecule has 0 aliphatic heterocycles. The number of primary sulfonamides is 1. The van der Waals surface area contributed by atoms with Crippen molar-refractivity contribution in [1.82, 2.24) is 4.98 Å². The van der Waals surface area contributed by atoms with Crippen molar-refractivity contribution in [3.05, 3.63) is 10.5 Å². The molecule has 10 heteroatoms. The molecule has 1 aromatic rings. The summed E-state index contributed by atoms with van der Waals surface area (Å²) < 4.78 is 43.9. The van der Waals surface area contributed by atoms with Crippen molar-refractivity contribution in [3.8, 4) is 0 Å². The second-order valence-corrected chi connectivity index (χ2v) is 7.88. The van der Waals surface area contributed by atoms with Gasteiger partial charge in [0.2, 0.25) is 24.2 Å². The van der Waals surface area contributed by atoms with Crippen LogP contribution in [-0.2, 0) is 19.9 Å². The molecular weight excluding hydrogens is 284 g/mol. The molecule has 1 rings (SSSR count). The third-order valence-electron chi connectivity index (χ3n) is 1.36. The average molecular weight is 291 g/mol. The van der Waals surface area contributed by atoms with Crippen molar-refractivity contribution >= 4 is 42.8 Å². The third kappa shape index (κ3) is 4.03. The third-order valence-corrected chi connectivity index (χ3v) is 5.76. The molecule has 6 nitrogen and oxygen atoms in total. The maximum atomic E-state index is 11.5. The fourth-order valence-electron chi connectivity index (χ4n) is 0.695. The molecule has 15 heavy (non-hydrogen) atoms. The predicted octanol–water partition coefficient (Wildman–Crippen LogP) is -0.141. The molecule has 0 aliphatic carbocycles. The van der Waals surface area contributed by atoms with Crippen LogP contribution in [-0.4, -0.2) is 33.3 Å². The van der Waals surface area contributed by atoms with Crippen LogP contribution in [0.3, 0.4) is 0 Å². The summed E-state index contributed by atoms with van der Waals surface area (Å²) in [5.74, 6) is -1.22. The standard InChI is InChI=1S/C5H7ClN2O4S3/c6-4-3-13-5(8-4)14(9,10)1-2-15(7,11)12/h3H,1-2H2,(H2,7,11,12). The van der Waals surface area contributed by atoms with Crippen LogP contribution in [0.1, 0.15) is 0 Å². The van der Waals surface area contributed by atoms with Gasteiger partial charge in [-0.3, -0.25) is 0 Å². The number of thiazole rings is 1. The summed E-state index contributed by atoms with van der Waals surface area (Å²) in [6, 6.07) is 0. The maximum Gasteiger partial charge on any atom is 0.210 e. The molecule has 0 atom stereocenters. The molecule has 0 spiro atoms. The van der Waals surface area contributed by atoms with Gasteiger partial charge in [-0.25, -0.2) is 27.0 Å². The fraction of sp³-hybridized carbons (Fsp3) is 0.400. The Morgan fingerprint density at radius 1 is 1.33 bits per heavy atom. The topological polar surface area (TPSA) is 107 Å². The zero-order valence-electron chi connectivity index (χ0n) is 7.25. The van der Waals surface area contributed by atoms with Crippen molar-refractivity contribution in [2.24, 2.45) is 5.14 Å². The van der Waals surface area contributed by atoms with Gasteiger partial charge in [0.25, 0.3) is 0 Å². The molecule has 0 aromatic carbocycles. The highest BCUT2D eigenvalue weighted by Gasteiger charge is 2.20. The Labute approximate surface area is 96.1 Å². The molecule has 0 saturated carbocycles. The zero-order chi connectivity index (χ0) is 11.7. The van der Waals surface area contributed by atoms with E-state index in [4.69, 9.17) is 16.7 Å². The first kappa shape index (κ1) is 12.8. The van der Waals surface area contributed by atoms with Gasteiger partial charge >= 0.3 is 0 Å². The number of sulfone groups is 1. The molecule has 0 aliphatic rings. The highest BCUT2D eigenvalue weighted by Crippen LogP contribution is 2.20. The Morgan fingerprint density at radius 2 is 1.93 bits per heavy atom. The van der Waals surface area contributed by atoms with E-state index in [1.54, 1.807) is 0 Å². The number of nitrogens with two attached hydrogens (primary N) is 1. The number of hydrogen-bond acceptors (Lipinski definition) is 6. The van der Waals surface area contributed by atoms with E-state index in [1.807, 2.05) is 0 Å². The molecule has 0 unspecified atom stereocenters. The van der Waals surface area contributed by atoms with Crippen LogP contribution in [0.2, 0.25) is 5.15 Å². The van der Waals surface area contributed by atoms with Gasteiger partial charge in [-0.2, -0.15) is 0 Å². The van der Waals surface area contributed by atoms with E-state index in [-0.39, 0.29) is 9.49 Å². The van der Waals surface area contributed by atoms with Gasteiger partial charge in [0, 0.05) is 5.38 Å². The number of halogens is 1. The lowest BCUT2D eigenvalue weighted by atomic mass is 11.0. The summed E-state index contributed by atoms with van der Waals surface area (Å²) in [4.78, 5) is 3.54.